The third-order valence-electron chi connectivity index (χ3n) is 4.18. The quantitative estimate of drug-likeness (QED) is 0.598. The molecule has 3 N–H and O–H groups in total. The number of nitrogens with zero attached hydrogens (tertiary/aromatic N) is 1. The van der Waals surface area contributed by atoms with Crippen LogP contribution in [-0.2, 0) is 16.1 Å². The first-order valence-corrected chi connectivity index (χ1v) is 8.66. The summed E-state index contributed by atoms with van der Waals surface area (Å²) in [5.41, 5.74) is 2.62. The van der Waals surface area contributed by atoms with Gasteiger partial charge in [0.25, 0.3) is 0 Å². The average Bonchev–Trinajstić information content (AvgIpc) is 3.08. The maximum Gasteiger partial charge on any atom is 0.222 e. The van der Waals surface area contributed by atoms with Gasteiger partial charge >= 0.3 is 0 Å². The number of hydrogen-bond donors (Lipinski definition) is 3. The second-order valence-electron chi connectivity index (χ2n) is 6.21. The van der Waals surface area contributed by atoms with Gasteiger partial charge in [-0.15, -0.1) is 0 Å². The van der Waals surface area contributed by atoms with Gasteiger partial charge in [-0.25, -0.2) is 4.98 Å². The summed E-state index contributed by atoms with van der Waals surface area (Å²) in [5, 5.41) is 5.67. The Balaban J connectivity index is 1.63. The molecule has 1 heterocycles. The summed E-state index contributed by atoms with van der Waals surface area (Å²) in [6, 6.07) is 14.6. The topological polar surface area (TPSA) is 96.1 Å². The van der Waals surface area contributed by atoms with Crippen LogP contribution in [-0.4, -0.2) is 28.9 Å². The van der Waals surface area contributed by atoms with E-state index in [9.17, 15) is 9.59 Å². The highest BCUT2D eigenvalue weighted by Crippen LogP contribution is 2.20. The van der Waals surface area contributed by atoms with Gasteiger partial charge < -0.3 is 20.4 Å². The minimum atomic E-state index is -0.413. The lowest BCUT2D eigenvalue weighted by Crippen LogP contribution is -2.32. The number of rotatable bonds is 7. The fourth-order valence-electron chi connectivity index (χ4n) is 2.86. The molecule has 7 heteroatoms. The van der Waals surface area contributed by atoms with Gasteiger partial charge in [-0.05, 0) is 29.8 Å². The van der Waals surface area contributed by atoms with Crippen molar-refractivity contribution in [2.45, 2.75) is 25.9 Å². The number of aromatic nitrogens is 2. The van der Waals surface area contributed by atoms with Crippen LogP contribution in [0.3, 0.4) is 0 Å². The van der Waals surface area contributed by atoms with Crippen molar-refractivity contribution < 1.29 is 14.3 Å². The van der Waals surface area contributed by atoms with Crippen molar-refractivity contribution in [1.29, 1.82) is 0 Å². The highest BCUT2D eigenvalue weighted by atomic mass is 16.5. The SMILES string of the molecule is COc1ccc(C(CC(=O)NCc2nc3ccccc3[nH]2)NC(C)=O)cc1. The molecule has 0 saturated carbocycles. The monoisotopic (exact) mass is 366 g/mol. The van der Waals surface area contributed by atoms with Crippen molar-refractivity contribution in [2.24, 2.45) is 0 Å². The number of imidazole rings is 1. The predicted molar refractivity (Wildman–Crippen MR) is 102 cm³/mol. The summed E-state index contributed by atoms with van der Waals surface area (Å²) in [6.45, 7) is 1.73. The molecule has 7 nitrogen and oxygen atoms in total. The van der Waals surface area contributed by atoms with Crippen molar-refractivity contribution in [2.75, 3.05) is 7.11 Å². The molecule has 0 fully saturated rings. The van der Waals surface area contributed by atoms with Crippen LogP contribution in [0.5, 0.6) is 5.75 Å². The van der Waals surface area contributed by atoms with Gasteiger partial charge in [0.1, 0.15) is 11.6 Å². The summed E-state index contributed by atoms with van der Waals surface area (Å²) >= 11 is 0. The molecule has 3 aromatic rings. The lowest BCUT2D eigenvalue weighted by molar-refractivity contribution is -0.123. The number of carbonyl (C=O) groups is 2. The standard InChI is InChI=1S/C20H22N4O3/c1-13(25)22-18(14-7-9-15(27-2)10-8-14)11-20(26)21-12-19-23-16-5-3-4-6-17(16)24-19/h3-10,18H,11-12H2,1-2H3,(H,21,26)(H,22,25)(H,23,24). The van der Waals surface area contributed by atoms with Crippen molar-refractivity contribution in [3.05, 3.63) is 59.9 Å². The number of aromatic amines is 1. The van der Waals surface area contributed by atoms with Crippen LogP contribution >= 0.6 is 0 Å². The fraction of sp³-hybridized carbons (Fsp3) is 0.250. The highest BCUT2D eigenvalue weighted by molar-refractivity contribution is 5.79. The minimum Gasteiger partial charge on any atom is -0.497 e. The molecule has 1 unspecified atom stereocenters. The Morgan fingerprint density at radius 3 is 2.56 bits per heavy atom. The second-order valence-corrected chi connectivity index (χ2v) is 6.21. The second kappa shape index (κ2) is 8.35. The number of benzene rings is 2. The molecule has 140 valence electrons. The Hall–Kier alpha value is -3.35. The molecule has 2 aromatic carbocycles. The third-order valence-corrected chi connectivity index (χ3v) is 4.18. The molecule has 27 heavy (non-hydrogen) atoms. The Morgan fingerprint density at radius 2 is 1.89 bits per heavy atom. The number of hydrogen-bond acceptors (Lipinski definition) is 4. The van der Waals surface area contributed by atoms with E-state index in [1.165, 1.54) is 6.92 Å². The maximum atomic E-state index is 12.4. The first-order chi connectivity index (χ1) is 13.0. The van der Waals surface area contributed by atoms with Crippen LogP contribution in [0.1, 0.15) is 30.8 Å². The zero-order valence-electron chi connectivity index (χ0n) is 15.3. The lowest BCUT2D eigenvalue weighted by Gasteiger charge is -2.18. The van der Waals surface area contributed by atoms with E-state index in [1.54, 1.807) is 19.2 Å². The molecule has 0 aliphatic heterocycles. The van der Waals surface area contributed by atoms with Gasteiger partial charge in [0.2, 0.25) is 11.8 Å². The molecule has 1 atom stereocenters. The summed E-state index contributed by atoms with van der Waals surface area (Å²) in [4.78, 5) is 31.5. The van der Waals surface area contributed by atoms with Crippen molar-refractivity contribution in [3.63, 3.8) is 0 Å². The van der Waals surface area contributed by atoms with E-state index in [0.29, 0.717) is 12.4 Å². The van der Waals surface area contributed by atoms with Gasteiger partial charge in [0.05, 0.1) is 37.2 Å². The number of fused-ring (bicyclic) bond motifs is 1. The first kappa shape index (κ1) is 18.4. The number of nitrogens with one attached hydrogen (secondary N) is 3. The molecular weight excluding hydrogens is 344 g/mol. The van der Waals surface area contributed by atoms with E-state index in [1.807, 2.05) is 36.4 Å². The van der Waals surface area contributed by atoms with Crippen LogP contribution < -0.4 is 15.4 Å². The molecule has 1 aromatic heterocycles. The Kier molecular flexibility index (Phi) is 5.71. The summed E-state index contributed by atoms with van der Waals surface area (Å²) < 4.78 is 5.15. The van der Waals surface area contributed by atoms with E-state index in [-0.39, 0.29) is 18.2 Å². The smallest absolute Gasteiger partial charge is 0.222 e. The molecule has 3 rings (SSSR count). The minimum absolute atomic E-state index is 0.131. The molecule has 2 amide bonds. The van der Waals surface area contributed by atoms with Crippen molar-refractivity contribution in [3.8, 4) is 5.75 Å². The van der Waals surface area contributed by atoms with E-state index < -0.39 is 6.04 Å². The van der Waals surface area contributed by atoms with Crippen LogP contribution in [0.15, 0.2) is 48.5 Å². The van der Waals surface area contributed by atoms with Crippen LogP contribution in [0.2, 0.25) is 0 Å². The van der Waals surface area contributed by atoms with Crippen LogP contribution in [0.4, 0.5) is 0 Å². The molecule has 0 radical (unpaired) electrons. The number of ether oxygens (including phenoxy) is 1. The number of para-hydroxylation sites is 2. The van der Waals surface area contributed by atoms with E-state index in [0.717, 1.165) is 22.3 Å². The average molecular weight is 366 g/mol. The molecule has 0 saturated heterocycles. The molecule has 0 aliphatic rings. The molecular formula is C20H22N4O3. The van der Waals surface area contributed by atoms with Crippen molar-refractivity contribution in [1.82, 2.24) is 20.6 Å². The van der Waals surface area contributed by atoms with Crippen molar-refractivity contribution >= 4 is 22.8 Å². The zero-order valence-corrected chi connectivity index (χ0v) is 15.3. The van der Waals surface area contributed by atoms with Gasteiger partial charge in [-0.1, -0.05) is 24.3 Å². The molecule has 0 aliphatic carbocycles. The van der Waals surface area contributed by atoms with E-state index >= 15 is 0 Å². The third kappa shape index (κ3) is 4.84. The van der Waals surface area contributed by atoms with Gasteiger partial charge in [0, 0.05) is 6.92 Å². The normalized spacial score (nSPS) is 11.8. The maximum absolute atomic E-state index is 12.4. The summed E-state index contributed by atoms with van der Waals surface area (Å²) in [6.07, 6.45) is 0.131. The Morgan fingerprint density at radius 1 is 1.15 bits per heavy atom. The Bertz CT molecular complexity index is 901. The number of carbonyl (C=O) groups excluding carboxylic acids is 2. The van der Waals surface area contributed by atoms with E-state index in [4.69, 9.17) is 4.74 Å². The summed E-state index contributed by atoms with van der Waals surface area (Å²) in [5.74, 6) is 1.03. The van der Waals surface area contributed by atoms with E-state index in [2.05, 4.69) is 20.6 Å². The van der Waals surface area contributed by atoms with Crippen LogP contribution in [0, 0.1) is 0 Å². The zero-order chi connectivity index (χ0) is 19.2. The first-order valence-electron chi connectivity index (χ1n) is 8.66. The fourth-order valence-corrected chi connectivity index (χ4v) is 2.86. The van der Waals surface area contributed by atoms with Gasteiger partial charge in [-0.2, -0.15) is 0 Å². The van der Waals surface area contributed by atoms with Crippen LogP contribution in [0.25, 0.3) is 11.0 Å². The number of H-pyrrole nitrogens is 1. The van der Waals surface area contributed by atoms with Gasteiger partial charge in [0.15, 0.2) is 0 Å². The number of amides is 2. The molecule has 0 spiro atoms. The highest BCUT2D eigenvalue weighted by Gasteiger charge is 2.17. The molecule has 0 bridgehead atoms. The lowest BCUT2D eigenvalue weighted by atomic mass is 10.0. The summed E-state index contributed by atoms with van der Waals surface area (Å²) in [7, 11) is 1.59. The van der Waals surface area contributed by atoms with Gasteiger partial charge in [-0.3, -0.25) is 9.59 Å². The number of methoxy groups -OCH3 is 1. The largest absolute Gasteiger partial charge is 0.497 e. The Labute approximate surface area is 157 Å². The predicted octanol–water partition coefficient (Wildman–Crippen LogP) is 2.46.